The molecule has 0 aliphatic heterocycles. The number of carbonyl (C=O) groups is 1. The van der Waals surface area contributed by atoms with Gasteiger partial charge in [-0.3, -0.25) is 4.79 Å². The van der Waals surface area contributed by atoms with Gasteiger partial charge in [0.25, 0.3) is 5.91 Å². The lowest BCUT2D eigenvalue weighted by molar-refractivity contribution is 0.0937. The van der Waals surface area contributed by atoms with Crippen LogP contribution in [0.15, 0.2) is 48.5 Å². The highest BCUT2D eigenvalue weighted by atomic mass is 16.3. The Bertz CT molecular complexity index is 597. The highest BCUT2D eigenvalue weighted by molar-refractivity contribution is 5.98. The number of hydrogen-bond donors (Lipinski definition) is 3. The minimum absolute atomic E-state index is 0.0364. The number of amides is 1. The van der Waals surface area contributed by atoms with E-state index in [4.69, 9.17) is 5.73 Å². The van der Waals surface area contributed by atoms with Gasteiger partial charge in [-0.05, 0) is 31.0 Å². The lowest BCUT2D eigenvalue weighted by Crippen LogP contribution is -2.34. The second-order valence-corrected chi connectivity index (χ2v) is 4.81. The van der Waals surface area contributed by atoms with Crippen LogP contribution in [0.5, 0.6) is 5.75 Å². The number of para-hydroxylation sites is 1. The molecule has 0 spiro atoms. The molecule has 0 aromatic heterocycles. The molecular formula is C16H18N2O2. The fourth-order valence-electron chi connectivity index (χ4n) is 2.06. The van der Waals surface area contributed by atoms with Crippen LogP contribution in [0.25, 0.3) is 0 Å². The molecule has 2 rings (SSSR count). The number of carbonyl (C=O) groups excluding carboxylic acids is 1. The molecule has 4 heteroatoms. The second kappa shape index (κ2) is 6.10. The Kier molecular flexibility index (Phi) is 4.25. The fraction of sp³-hybridized carbons (Fsp3) is 0.188. The van der Waals surface area contributed by atoms with E-state index in [1.54, 1.807) is 18.2 Å². The summed E-state index contributed by atoms with van der Waals surface area (Å²) in [6, 6.07) is 14.6. The molecule has 2 aromatic carbocycles. The van der Waals surface area contributed by atoms with Crippen molar-refractivity contribution < 1.29 is 9.90 Å². The van der Waals surface area contributed by atoms with Crippen LogP contribution in [0.4, 0.5) is 5.69 Å². The van der Waals surface area contributed by atoms with Gasteiger partial charge in [-0.2, -0.15) is 0 Å². The molecule has 0 radical (unpaired) electrons. The van der Waals surface area contributed by atoms with Crippen LogP contribution in [0.1, 0.15) is 22.8 Å². The van der Waals surface area contributed by atoms with Gasteiger partial charge in [-0.1, -0.05) is 36.4 Å². The second-order valence-electron chi connectivity index (χ2n) is 4.81. The van der Waals surface area contributed by atoms with Crippen LogP contribution in [0.3, 0.4) is 0 Å². The van der Waals surface area contributed by atoms with E-state index in [0.717, 1.165) is 12.0 Å². The van der Waals surface area contributed by atoms with Gasteiger partial charge in [-0.25, -0.2) is 0 Å². The normalized spacial score (nSPS) is 11.8. The molecule has 0 aliphatic carbocycles. The Labute approximate surface area is 118 Å². The number of phenolic OH excluding ortho intramolecular Hbond substituents is 1. The van der Waals surface area contributed by atoms with Gasteiger partial charge in [-0.15, -0.1) is 0 Å². The van der Waals surface area contributed by atoms with Crippen LogP contribution < -0.4 is 11.1 Å². The number of hydrogen-bond acceptors (Lipinski definition) is 3. The summed E-state index contributed by atoms with van der Waals surface area (Å²) < 4.78 is 0. The molecule has 1 atom stereocenters. The first-order chi connectivity index (χ1) is 9.58. The van der Waals surface area contributed by atoms with Gasteiger partial charge in [0.1, 0.15) is 0 Å². The van der Waals surface area contributed by atoms with Crippen molar-refractivity contribution in [3.63, 3.8) is 0 Å². The molecule has 20 heavy (non-hydrogen) atoms. The standard InChI is InChI=1S/C16H18N2O2/c1-11(10-12-6-3-2-4-7-12)18-16(20)13-8-5-9-14(17)15(13)19/h2-9,11,19H,10,17H2,1H3,(H,18,20). The molecule has 104 valence electrons. The monoisotopic (exact) mass is 270 g/mol. The molecule has 0 aliphatic rings. The zero-order valence-corrected chi connectivity index (χ0v) is 11.3. The van der Waals surface area contributed by atoms with Crippen molar-refractivity contribution in [1.82, 2.24) is 5.32 Å². The summed E-state index contributed by atoms with van der Waals surface area (Å²) in [6.07, 6.45) is 0.732. The summed E-state index contributed by atoms with van der Waals surface area (Å²) in [4.78, 5) is 12.1. The SMILES string of the molecule is CC(Cc1ccccc1)NC(=O)c1cccc(N)c1O. The fourth-order valence-corrected chi connectivity index (χ4v) is 2.06. The molecule has 0 fully saturated rings. The van der Waals surface area contributed by atoms with Crippen molar-refractivity contribution in [1.29, 1.82) is 0 Å². The first-order valence-electron chi connectivity index (χ1n) is 6.50. The van der Waals surface area contributed by atoms with E-state index < -0.39 is 0 Å². The highest BCUT2D eigenvalue weighted by Crippen LogP contribution is 2.24. The average Bonchev–Trinajstić information content (AvgIpc) is 2.42. The molecule has 4 N–H and O–H groups in total. The van der Waals surface area contributed by atoms with Gasteiger partial charge in [0.2, 0.25) is 0 Å². The minimum atomic E-state index is -0.321. The van der Waals surface area contributed by atoms with Crippen LogP contribution in [-0.2, 0) is 6.42 Å². The third-order valence-corrected chi connectivity index (χ3v) is 3.07. The number of nitrogens with two attached hydrogens (primary N) is 1. The Balaban J connectivity index is 2.02. The van der Waals surface area contributed by atoms with E-state index in [1.807, 2.05) is 37.3 Å². The maximum absolute atomic E-state index is 12.1. The van der Waals surface area contributed by atoms with Gasteiger partial charge in [0.05, 0.1) is 11.3 Å². The zero-order valence-electron chi connectivity index (χ0n) is 11.3. The van der Waals surface area contributed by atoms with Gasteiger partial charge < -0.3 is 16.2 Å². The van der Waals surface area contributed by atoms with Crippen LogP contribution in [0, 0.1) is 0 Å². The van der Waals surface area contributed by atoms with Crippen LogP contribution in [-0.4, -0.2) is 17.1 Å². The lowest BCUT2D eigenvalue weighted by atomic mass is 10.1. The number of nitrogen functional groups attached to an aromatic ring is 1. The van der Waals surface area contributed by atoms with E-state index in [0.29, 0.717) is 0 Å². The summed E-state index contributed by atoms with van der Waals surface area (Å²) in [5.74, 6) is -0.491. The van der Waals surface area contributed by atoms with Gasteiger partial charge >= 0.3 is 0 Å². The van der Waals surface area contributed by atoms with Crippen LogP contribution >= 0.6 is 0 Å². The molecule has 0 heterocycles. The van der Waals surface area contributed by atoms with Crippen molar-refractivity contribution in [3.05, 3.63) is 59.7 Å². The number of benzene rings is 2. The van der Waals surface area contributed by atoms with E-state index in [2.05, 4.69) is 5.32 Å². The third-order valence-electron chi connectivity index (χ3n) is 3.07. The molecule has 1 amide bonds. The number of rotatable bonds is 4. The average molecular weight is 270 g/mol. The smallest absolute Gasteiger partial charge is 0.255 e. The summed E-state index contributed by atoms with van der Waals surface area (Å²) >= 11 is 0. The largest absolute Gasteiger partial charge is 0.505 e. The Morgan fingerprint density at radius 3 is 2.60 bits per heavy atom. The molecule has 2 aromatic rings. The molecule has 0 saturated carbocycles. The molecule has 1 unspecified atom stereocenters. The Hall–Kier alpha value is -2.49. The highest BCUT2D eigenvalue weighted by Gasteiger charge is 2.15. The Morgan fingerprint density at radius 1 is 1.20 bits per heavy atom. The maximum Gasteiger partial charge on any atom is 0.255 e. The van der Waals surface area contributed by atoms with Crippen molar-refractivity contribution in [2.24, 2.45) is 0 Å². The molecule has 0 saturated heterocycles. The topological polar surface area (TPSA) is 75.4 Å². The summed E-state index contributed by atoms with van der Waals surface area (Å²) in [5.41, 5.74) is 7.13. The first kappa shape index (κ1) is 13.9. The maximum atomic E-state index is 12.1. The van der Waals surface area contributed by atoms with Crippen LogP contribution in [0.2, 0.25) is 0 Å². The predicted octanol–water partition coefficient (Wildman–Crippen LogP) is 2.34. The first-order valence-corrected chi connectivity index (χ1v) is 6.50. The van der Waals surface area contributed by atoms with Gasteiger partial charge in [0, 0.05) is 6.04 Å². The number of aromatic hydroxyl groups is 1. The number of nitrogens with one attached hydrogen (secondary N) is 1. The predicted molar refractivity (Wildman–Crippen MR) is 79.6 cm³/mol. The van der Waals surface area contributed by atoms with Crippen molar-refractivity contribution in [2.75, 3.05) is 5.73 Å². The third kappa shape index (κ3) is 3.29. The van der Waals surface area contributed by atoms with Gasteiger partial charge in [0.15, 0.2) is 5.75 Å². The van der Waals surface area contributed by atoms with E-state index in [-0.39, 0.29) is 28.9 Å². The van der Waals surface area contributed by atoms with E-state index in [1.165, 1.54) is 0 Å². The summed E-state index contributed by atoms with van der Waals surface area (Å²) in [7, 11) is 0. The van der Waals surface area contributed by atoms with Crippen molar-refractivity contribution in [3.8, 4) is 5.75 Å². The van der Waals surface area contributed by atoms with E-state index in [9.17, 15) is 9.90 Å². The van der Waals surface area contributed by atoms with Crippen molar-refractivity contribution >= 4 is 11.6 Å². The number of anilines is 1. The molecule has 4 nitrogen and oxygen atoms in total. The summed E-state index contributed by atoms with van der Waals surface area (Å²) in [5, 5.41) is 12.6. The molecule has 0 bridgehead atoms. The lowest BCUT2D eigenvalue weighted by Gasteiger charge is -2.15. The molecular weight excluding hydrogens is 252 g/mol. The van der Waals surface area contributed by atoms with Crippen molar-refractivity contribution in [2.45, 2.75) is 19.4 Å². The zero-order chi connectivity index (χ0) is 14.5. The van der Waals surface area contributed by atoms with E-state index >= 15 is 0 Å². The number of phenols is 1. The minimum Gasteiger partial charge on any atom is -0.505 e. The summed E-state index contributed by atoms with van der Waals surface area (Å²) in [6.45, 7) is 1.92. The quantitative estimate of drug-likeness (QED) is 0.589. The Morgan fingerprint density at radius 2 is 1.90 bits per heavy atom.